The predicted octanol–water partition coefficient (Wildman–Crippen LogP) is 4.48. The van der Waals surface area contributed by atoms with E-state index in [2.05, 4.69) is 0 Å². The van der Waals surface area contributed by atoms with Crippen LogP contribution in [-0.4, -0.2) is 6.61 Å². The topological polar surface area (TPSA) is 9.23 Å². The van der Waals surface area contributed by atoms with Crippen LogP contribution in [0.15, 0.2) is 48.5 Å². The smallest absolute Gasteiger partial charge is 0.123 e. The van der Waals surface area contributed by atoms with Crippen LogP contribution in [0.3, 0.4) is 0 Å². The van der Waals surface area contributed by atoms with Crippen LogP contribution in [0.4, 0.5) is 8.78 Å². The molecule has 0 radical (unpaired) electrons. The first-order valence-electron chi connectivity index (χ1n) is 6.33. The molecule has 0 saturated heterocycles. The van der Waals surface area contributed by atoms with Crippen molar-refractivity contribution >= 4 is 0 Å². The van der Waals surface area contributed by atoms with Crippen LogP contribution in [-0.2, 0) is 4.74 Å². The summed E-state index contributed by atoms with van der Waals surface area (Å²) in [5.74, 6) is -0.561. The van der Waals surface area contributed by atoms with Gasteiger partial charge in [0.15, 0.2) is 0 Å². The van der Waals surface area contributed by atoms with Crippen molar-refractivity contribution < 1.29 is 13.5 Å². The molecular formula is C16H16F2O. The summed E-state index contributed by atoms with van der Waals surface area (Å²) in [7, 11) is 0. The molecule has 1 nitrogen and oxygen atoms in total. The van der Waals surface area contributed by atoms with Gasteiger partial charge in [0.25, 0.3) is 0 Å². The normalized spacial score (nSPS) is 10.9. The van der Waals surface area contributed by atoms with Gasteiger partial charge in [-0.05, 0) is 41.8 Å². The number of hydrogen-bond donors (Lipinski definition) is 0. The lowest BCUT2D eigenvalue weighted by Gasteiger charge is -2.18. The van der Waals surface area contributed by atoms with Gasteiger partial charge in [-0.3, -0.25) is 0 Å². The summed E-state index contributed by atoms with van der Waals surface area (Å²) in [5.41, 5.74) is 1.72. The van der Waals surface area contributed by atoms with E-state index in [1.807, 2.05) is 6.92 Å². The van der Waals surface area contributed by atoms with Gasteiger partial charge in [0.2, 0.25) is 0 Å². The molecule has 3 heteroatoms. The molecule has 0 spiro atoms. The van der Waals surface area contributed by atoms with Gasteiger partial charge in [-0.1, -0.05) is 31.2 Å². The summed E-state index contributed by atoms with van der Waals surface area (Å²) >= 11 is 0. The Hall–Kier alpha value is -1.74. The van der Waals surface area contributed by atoms with Gasteiger partial charge in [-0.15, -0.1) is 0 Å². The third-order valence-corrected chi connectivity index (χ3v) is 2.83. The van der Waals surface area contributed by atoms with Crippen LogP contribution >= 0.6 is 0 Å². The lowest BCUT2D eigenvalue weighted by Crippen LogP contribution is -2.07. The summed E-state index contributed by atoms with van der Waals surface area (Å²) < 4.78 is 31.7. The average Bonchev–Trinajstić information content (AvgIpc) is 2.43. The molecular weight excluding hydrogens is 246 g/mol. The summed E-state index contributed by atoms with van der Waals surface area (Å²) in [6, 6.07) is 12.4. The van der Waals surface area contributed by atoms with Crippen molar-refractivity contribution in [2.75, 3.05) is 6.61 Å². The zero-order valence-electron chi connectivity index (χ0n) is 10.8. The van der Waals surface area contributed by atoms with Gasteiger partial charge in [-0.2, -0.15) is 0 Å². The monoisotopic (exact) mass is 262 g/mol. The van der Waals surface area contributed by atoms with Gasteiger partial charge >= 0.3 is 0 Å². The van der Waals surface area contributed by atoms with Crippen LogP contribution in [0, 0.1) is 11.6 Å². The molecule has 0 N–H and O–H groups in total. The molecule has 0 bridgehead atoms. The maximum absolute atomic E-state index is 13.0. The molecule has 0 heterocycles. The van der Waals surface area contributed by atoms with E-state index in [0.717, 1.165) is 17.5 Å². The van der Waals surface area contributed by atoms with Crippen molar-refractivity contribution in [1.82, 2.24) is 0 Å². The van der Waals surface area contributed by atoms with E-state index in [1.54, 1.807) is 24.3 Å². The van der Waals surface area contributed by atoms with Crippen LogP contribution in [0.25, 0.3) is 0 Å². The first kappa shape index (κ1) is 13.7. The zero-order chi connectivity index (χ0) is 13.7. The van der Waals surface area contributed by atoms with Gasteiger partial charge in [-0.25, -0.2) is 8.78 Å². The highest BCUT2D eigenvalue weighted by molar-refractivity contribution is 5.30. The Morgan fingerprint density at radius 2 is 1.26 bits per heavy atom. The minimum Gasteiger partial charge on any atom is -0.369 e. The van der Waals surface area contributed by atoms with Crippen LogP contribution in [0.5, 0.6) is 0 Å². The molecule has 0 saturated carbocycles. The second-order valence-corrected chi connectivity index (χ2v) is 4.35. The molecule has 0 aliphatic heterocycles. The minimum atomic E-state index is -0.291. The number of rotatable bonds is 5. The summed E-state index contributed by atoms with van der Waals surface area (Å²) in [6.07, 6.45) is 0.597. The van der Waals surface area contributed by atoms with E-state index in [-0.39, 0.29) is 17.7 Å². The lowest BCUT2D eigenvalue weighted by molar-refractivity contribution is 0.0805. The van der Waals surface area contributed by atoms with Crippen molar-refractivity contribution in [2.24, 2.45) is 0 Å². The second-order valence-electron chi connectivity index (χ2n) is 4.35. The van der Waals surface area contributed by atoms with Crippen molar-refractivity contribution in [3.05, 3.63) is 71.3 Å². The lowest BCUT2D eigenvalue weighted by atomic mass is 10.0. The second kappa shape index (κ2) is 6.43. The quantitative estimate of drug-likeness (QED) is 0.772. The fourth-order valence-electron chi connectivity index (χ4n) is 1.90. The average molecular weight is 262 g/mol. The molecule has 2 aromatic carbocycles. The maximum Gasteiger partial charge on any atom is 0.123 e. The third kappa shape index (κ3) is 3.61. The van der Waals surface area contributed by atoms with Crippen molar-refractivity contribution in [3.63, 3.8) is 0 Å². The van der Waals surface area contributed by atoms with Crippen molar-refractivity contribution in [2.45, 2.75) is 19.4 Å². The highest BCUT2D eigenvalue weighted by Gasteiger charge is 2.14. The first-order valence-corrected chi connectivity index (χ1v) is 6.33. The van der Waals surface area contributed by atoms with E-state index in [0.29, 0.717) is 6.61 Å². The fourth-order valence-corrected chi connectivity index (χ4v) is 1.90. The molecule has 0 atom stereocenters. The number of halogens is 2. The maximum atomic E-state index is 13.0. The van der Waals surface area contributed by atoms with Gasteiger partial charge in [0, 0.05) is 6.61 Å². The van der Waals surface area contributed by atoms with E-state index in [9.17, 15) is 8.78 Å². The Bertz CT molecular complexity index is 460. The molecule has 0 aromatic heterocycles. The fraction of sp³-hybridized carbons (Fsp3) is 0.250. The Labute approximate surface area is 111 Å². The Morgan fingerprint density at radius 3 is 1.63 bits per heavy atom. The summed E-state index contributed by atoms with van der Waals surface area (Å²) in [5, 5.41) is 0. The zero-order valence-corrected chi connectivity index (χ0v) is 10.8. The Morgan fingerprint density at radius 1 is 0.842 bits per heavy atom. The van der Waals surface area contributed by atoms with Gasteiger partial charge < -0.3 is 4.74 Å². The molecule has 19 heavy (non-hydrogen) atoms. The van der Waals surface area contributed by atoms with E-state index < -0.39 is 0 Å². The van der Waals surface area contributed by atoms with Crippen LogP contribution in [0.2, 0.25) is 0 Å². The Kier molecular flexibility index (Phi) is 4.63. The molecule has 2 aromatic rings. The van der Waals surface area contributed by atoms with Crippen molar-refractivity contribution in [3.8, 4) is 0 Å². The van der Waals surface area contributed by atoms with Crippen LogP contribution < -0.4 is 0 Å². The third-order valence-electron chi connectivity index (χ3n) is 2.83. The molecule has 0 aliphatic carbocycles. The Balaban J connectivity index is 2.29. The van der Waals surface area contributed by atoms with Crippen LogP contribution in [0.1, 0.15) is 30.6 Å². The molecule has 0 unspecified atom stereocenters. The molecule has 0 aliphatic rings. The van der Waals surface area contributed by atoms with E-state index in [1.165, 1.54) is 24.3 Å². The highest BCUT2D eigenvalue weighted by Crippen LogP contribution is 2.26. The van der Waals surface area contributed by atoms with Gasteiger partial charge in [0.05, 0.1) is 0 Å². The predicted molar refractivity (Wildman–Crippen MR) is 70.9 cm³/mol. The summed E-state index contributed by atoms with van der Waals surface area (Å²) in [6.45, 7) is 2.62. The molecule has 0 amide bonds. The van der Waals surface area contributed by atoms with E-state index in [4.69, 9.17) is 4.74 Å². The molecule has 100 valence electrons. The van der Waals surface area contributed by atoms with E-state index >= 15 is 0 Å². The summed E-state index contributed by atoms with van der Waals surface area (Å²) in [4.78, 5) is 0. The van der Waals surface area contributed by atoms with Crippen molar-refractivity contribution in [1.29, 1.82) is 0 Å². The minimum absolute atomic E-state index is 0.280. The number of benzene rings is 2. The number of hydrogen-bond acceptors (Lipinski definition) is 1. The highest BCUT2D eigenvalue weighted by atomic mass is 19.1. The van der Waals surface area contributed by atoms with Gasteiger partial charge in [0.1, 0.15) is 17.7 Å². The largest absolute Gasteiger partial charge is 0.369 e. The standard InChI is InChI=1S/C16H16F2O/c1-2-11-19-16(12-3-7-14(17)8-4-12)13-5-9-15(18)10-6-13/h3-10,16H,2,11H2,1H3. The molecule has 2 rings (SSSR count). The molecule has 0 fully saturated rings. The first-order chi connectivity index (χ1) is 9.20. The SMILES string of the molecule is CCCOC(c1ccc(F)cc1)c1ccc(F)cc1. The number of ether oxygens (including phenoxy) is 1.